The van der Waals surface area contributed by atoms with Gasteiger partial charge in [-0.3, -0.25) is 4.90 Å². The Balaban J connectivity index is 1.55. The largest absolute Gasteiger partial charge is 0.297 e. The van der Waals surface area contributed by atoms with Crippen molar-refractivity contribution in [2.24, 2.45) is 0 Å². The van der Waals surface area contributed by atoms with Gasteiger partial charge in [0.05, 0.1) is 0 Å². The first kappa shape index (κ1) is 14.8. The Kier molecular flexibility index (Phi) is 6.51. The van der Waals surface area contributed by atoms with Crippen LogP contribution in [0, 0.1) is 0 Å². The van der Waals surface area contributed by atoms with Crippen LogP contribution in [0.1, 0.15) is 77.6 Å². The molecule has 0 aromatic carbocycles. The van der Waals surface area contributed by atoms with Crippen LogP contribution in [-0.2, 0) is 0 Å². The third-order valence-corrected chi connectivity index (χ3v) is 5.59. The Labute approximate surface area is 122 Å². The quantitative estimate of drug-likeness (QED) is 0.443. The standard InChI is InChI=1S/C16H30BrN/c1-2-3-4-5-6-7-8-11-18-15-9-10-16(18)13-14(17)12-15/h14-16H,2-13H2,1H3. The number of hydrogen-bond acceptors (Lipinski definition) is 1. The number of rotatable bonds is 8. The molecule has 18 heavy (non-hydrogen) atoms. The van der Waals surface area contributed by atoms with Gasteiger partial charge in [0.2, 0.25) is 0 Å². The van der Waals surface area contributed by atoms with E-state index in [4.69, 9.17) is 0 Å². The molecule has 0 aromatic heterocycles. The molecule has 0 saturated carbocycles. The Morgan fingerprint density at radius 1 is 0.889 bits per heavy atom. The summed E-state index contributed by atoms with van der Waals surface area (Å²) in [4.78, 5) is 3.64. The zero-order valence-electron chi connectivity index (χ0n) is 12.0. The second-order valence-electron chi connectivity index (χ2n) is 6.31. The van der Waals surface area contributed by atoms with Crippen LogP contribution in [0.15, 0.2) is 0 Å². The van der Waals surface area contributed by atoms with E-state index in [9.17, 15) is 0 Å². The maximum atomic E-state index is 3.83. The van der Waals surface area contributed by atoms with Gasteiger partial charge < -0.3 is 0 Å². The van der Waals surface area contributed by atoms with Gasteiger partial charge in [0, 0.05) is 16.9 Å². The molecule has 1 nitrogen and oxygen atoms in total. The van der Waals surface area contributed by atoms with Gasteiger partial charge in [-0.15, -0.1) is 0 Å². The van der Waals surface area contributed by atoms with Crippen LogP contribution in [-0.4, -0.2) is 28.4 Å². The first-order valence-electron chi connectivity index (χ1n) is 8.21. The van der Waals surface area contributed by atoms with E-state index in [1.807, 2.05) is 0 Å². The minimum absolute atomic E-state index is 0.806. The van der Waals surface area contributed by atoms with E-state index in [1.54, 1.807) is 0 Å². The van der Waals surface area contributed by atoms with E-state index in [0.29, 0.717) is 0 Å². The van der Waals surface area contributed by atoms with Gasteiger partial charge in [0.15, 0.2) is 0 Å². The summed E-state index contributed by atoms with van der Waals surface area (Å²) in [6.07, 6.45) is 15.8. The smallest absolute Gasteiger partial charge is 0.0175 e. The van der Waals surface area contributed by atoms with Gasteiger partial charge in [-0.1, -0.05) is 61.4 Å². The highest BCUT2D eigenvalue weighted by atomic mass is 79.9. The van der Waals surface area contributed by atoms with Crippen molar-refractivity contribution in [3.8, 4) is 0 Å². The van der Waals surface area contributed by atoms with E-state index in [1.165, 1.54) is 77.2 Å². The fraction of sp³-hybridized carbons (Fsp3) is 1.00. The monoisotopic (exact) mass is 315 g/mol. The first-order valence-corrected chi connectivity index (χ1v) is 9.12. The average molecular weight is 316 g/mol. The molecule has 2 fully saturated rings. The molecule has 0 aromatic rings. The lowest BCUT2D eigenvalue weighted by Gasteiger charge is -2.37. The lowest BCUT2D eigenvalue weighted by Crippen LogP contribution is -2.43. The molecule has 2 saturated heterocycles. The molecule has 0 radical (unpaired) electrons. The van der Waals surface area contributed by atoms with Crippen molar-refractivity contribution in [1.29, 1.82) is 0 Å². The van der Waals surface area contributed by atoms with Crippen LogP contribution >= 0.6 is 15.9 Å². The topological polar surface area (TPSA) is 3.24 Å². The summed E-state index contributed by atoms with van der Waals surface area (Å²) in [5.74, 6) is 0. The lowest BCUT2D eigenvalue weighted by atomic mass is 10.0. The number of unbranched alkanes of at least 4 members (excludes halogenated alkanes) is 6. The van der Waals surface area contributed by atoms with Crippen molar-refractivity contribution in [3.63, 3.8) is 0 Å². The highest BCUT2D eigenvalue weighted by Gasteiger charge is 2.39. The van der Waals surface area contributed by atoms with Crippen LogP contribution < -0.4 is 0 Å². The highest BCUT2D eigenvalue weighted by Crippen LogP contribution is 2.38. The molecule has 2 aliphatic heterocycles. The number of fused-ring (bicyclic) bond motifs is 2. The van der Waals surface area contributed by atoms with Gasteiger partial charge >= 0.3 is 0 Å². The van der Waals surface area contributed by atoms with Crippen molar-refractivity contribution in [2.45, 2.75) is 94.5 Å². The summed E-state index contributed by atoms with van der Waals surface area (Å²) in [6.45, 7) is 3.67. The van der Waals surface area contributed by atoms with E-state index in [2.05, 4.69) is 27.8 Å². The molecule has 0 spiro atoms. The SMILES string of the molecule is CCCCCCCCCN1C2CCC1CC(Br)C2. The zero-order chi connectivity index (χ0) is 12.8. The third kappa shape index (κ3) is 4.23. The Morgan fingerprint density at radius 2 is 1.44 bits per heavy atom. The Bertz CT molecular complexity index is 217. The number of hydrogen-bond donors (Lipinski definition) is 0. The minimum Gasteiger partial charge on any atom is -0.297 e. The number of halogens is 1. The van der Waals surface area contributed by atoms with Gasteiger partial charge in [0.1, 0.15) is 0 Å². The van der Waals surface area contributed by atoms with E-state index in [-0.39, 0.29) is 0 Å². The molecule has 2 unspecified atom stereocenters. The van der Waals surface area contributed by atoms with E-state index in [0.717, 1.165) is 16.9 Å². The van der Waals surface area contributed by atoms with Gasteiger partial charge in [-0.05, 0) is 38.6 Å². The zero-order valence-corrected chi connectivity index (χ0v) is 13.6. The molecule has 106 valence electrons. The van der Waals surface area contributed by atoms with Crippen molar-refractivity contribution >= 4 is 15.9 Å². The second-order valence-corrected chi connectivity index (χ2v) is 7.61. The summed E-state index contributed by atoms with van der Waals surface area (Å²) in [7, 11) is 0. The maximum absolute atomic E-state index is 3.83. The number of alkyl halides is 1. The molecule has 2 heterocycles. The fourth-order valence-corrected chi connectivity index (χ4v) is 4.69. The second kappa shape index (κ2) is 7.89. The van der Waals surface area contributed by atoms with Crippen molar-refractivity contribution in [2.75, 3.05) is 6.54 Å². The molecular weight excluding hydrogens is 286 g/mol. The van der Waals surface area contributed by atoms with E-state index < -0.39 is 0 Å². The molecule has 0 amide bonds. The minimum atomic E-state index is 0.806. The molecular formula is C16H30BrN. The van der Waals surface area contributed by atoms with E-state index >= 15 is 0 Å². The van der Waals surface area contributed by atoms with Gasteiger partial charge in [-0.2, -0.15) is 0 Å². The summed E-state index contributed by atoms with van der Waals surface area (Å²) >= 11 is 3.83. The average Bonchev–Trinajstić information content (AvgIpc) is 2.59. The van der Waals surface area contributed by atoms with Gasteiger partial charge in [0.25, 0.3) is 0 Å². The molecule has 2 aliphatic rings. The van der Waals surface area contributed by atoms with Crippen molar-refractivity contribution in [1.82, 2.24) is 4.90 Å². The predicted molar refractivity (Wildman–Crippen MR) is 83.5 cm³/mol. The number of nitrogens with zero attached hydrogens (tertiary/aromatic N) is 1. The van der Waals surface area contributed by atoms with Crippen LogP contribution in [0.25, 0.3) is 0 Å². The summed E-state index contributed by atoms with van der Waals surface area (Å²) in [5, 5.41) is 0. The molecule has 0 aliphatic carbocycles. The Morgan fingerprint density at radius 3 is 2.06 bits per heavy atom. The summed E-state index contributed by atoms with van der Waals surface area (Å²) in [5.41, 5.74) is 0. The normalized spacial score (nSPS) is 32.0. The molecule has 0 N–H and O–H groups in total. The van der Waals surface area contributed by atoms with Crippen LogP contribution in [0.2, 0.25) is 0 Å². The van der Waals surface area contributed by atoms with Crippen LogP contribution in [0.3, 0.4) is 0 Å². The van der Waals surface area contributed by atoms with Crippen molar-refractivity contribution < 1.29 is 0 Å². The lowest BCUT2D eigenvalue weighted by molar-refractivity contribution is 0.142. The highest BCUT2D eigenvalue weighted by molar-refractivity contribution is 9.09. The molecule has 2 rings (SSSR count). The molecule has 2 atom stereocenters. The summed E-state index contributed by atoms with van der Waals surface area (Å²) in [6, 6.07) is 1.82. The fourth-order valence-electron chi connectivity index (χ4n) is 3.82. The van der Waals surface area contributed by atoms with Crippen LogP contribution in [0.5, 0.6) is 0 Å². The number of piperidine rings is 1. The molecule has 2 heteroatoms. The van der Waals surface area contributed by atoms with Gasteiger partial charge in [-0.25, -0.2) is 0 Å². The maximum Gasteiger partial charge on any atom is 0.0175 e. The predicted octanol–water partition coefficient (Wildman–Crippen LogP) is 5.13. The Hall–Kier alpha value is 0.440. The summed E-state index contributed by atoms with van der Waals surface area (Å²) < 4.78 is 0. The molecule has 2 bridgehead atoms. The van der Waals surface area contributed by atoms with Crippen molar-refractivity contribution in [3.05, 3.63) is 0 Å². The third-order valence-electron chi connectivity index (χ3n) is 4.85. The van der Waals surface area contributed by atoms with Crippen LogP contribution in [0.4, 0.5) is 0 Å². The first-order chi connectivity index (χ1) is 8.81.